The second-order valence-corrected chi connectivity index (χ2v) is 4.89. The number of aromatic nitrogens is 2. The molecule has 0 fully saturated rings. The molecule has 8 heteroatoms. The van der Waals surface area contributed by atoms with E-state index >= 15 is 0 Å². The smallest absolute Gasteiger partial charge is 0.222 e. The number of nitrogens with zero attached hydrogens (tertiary/aromatic N) is 2. The van der Waals surface area contributed by atoms with Gasteiger partial charge in [-0.2, -0.15) is 4.98 Å². The van der Waals surface area contributed by atoms with E-state index in [-0.39, 0.29) is 33.1 Å². The van der Waals surface area contributed by atoms with E-state index in [4.69, 9.17) is 46.3 Å². The van der Waals surface area contributed by atoms with E-state index in [1.807, 2.05) is 0 Å². The van der Waals surface area contributed by atoms with Gasteiger partial charge in [0, 0.05) is 16.1 Å². The molecule has 2 aromatic rings. The summed E-state index contributed by atoms with van der Waals surface area (Å²) in [7, 11) is 0. The summed E-state index contributed by atoms with van der Waals surface area (Å²) in [6, 6.07) is 2.98. The van der Waals surface area contributed by atoms with Gasteiger partial charge in [-0.25, -0.2) is 9.37 Å². The average Bonchev–Trinajstić information content (AvgIpc) is 2.33. The summed E-state index contributed by atoms with van der Waals surface area (Å²) in [5, 5.41) is 0.761. The Kier molecular flexibility index (Phi) is 3.99. The minimum atomic E-state index is -0.868. The molecular formula is C11H8Cl3FN4. The molecule has 4 nitrogen and oxygen atoms in total. The van der Waals surface area contributed by atoms with Crippen LogP contribution < -0.4 is 11.5 Å². The van der Waals surface area contributed by atoms with Crippen LogP contribution >= 0.6 is 34.8 Å². The standard InChI is InChI=1S/C11H8Cl3FN4/c12-4-1-5(9(14)6(13)2-4)8-7(3-15)18-11(17)19-10(8)16/h1-2H,3H2,(H4,16,17,18,19). The molecule has 0 spiro atoms. The normalized spacial score (nSPS) is 10.7. The SMILES string of the molecule is Nc1nc(N)c(-c2cc(Cl)cc(Cl)c2Cl)c(CF)n1. The fourth-order valence-corrected chi connectivity index (χ4v) is 2.37. The van der Waals surface area contributed by atoms with E-state index in [0.29, 0.717) is 10.6 Å². The lowest BCUT2D eigenvalue weighted by atomic mass is 10.0. The molecule has 0 bridgehead atoms. The van der Waals surface area contributed by atoms with Gasteiger partial charge in [-0.3, -0.25) is 0 Å². The van der Waals surface area contributed by atoms with Crippen molar-refractivity contribution in [2.75, 3.05) is 11.5 Å². The van der Waals surface area contributed by atoms with E-state index in [9.17, 15) is 4.39 Å². The fraction of sp³-hybridized carbons (Fsp3) is 0.0909. The summed E-state index contributed by atoms with van der Waals surface area (Å²) in [5.74, 6) is -0.0986. The molecule has 0 aliphatic carbocycles. The highest BCUT2D eigenvalue weighted by Crippen LogP contribution is 2.39. The van der Waals surface area contributed by atoms with Crippen molar-refractivity contribution >= 4 is 46.6 Å². The first-order valence-corrected chi connectivity index (χ1v) is 6.20. The molecule has 0 amide bonds. The van der Waals surface area contributed by atoms with Crippen molar-refractivity contribution < 1.29 is 4.39 Å². The number of halogens is 4. The number of hydrogen-bond acceptors (Lipinski definition) is 4. The molecule has 1 heterocycles. The highest BCUT2D eigenvalue weighted by molar-refractivity contribution is 6.45. The fourth-order valence-electron chi connectivity index (χ4n) is 1.67. The Hall–Kier alpha value is -1.30. The lowest BCUT2D eigenvalue weighted by molar-refractivity contribution is 0.477. The molecular weight excluding hydrogens is 314 g/mol. The highest BCUT2D eigenvalue weighted by Gasteiger charge is 2.18. The van der Waals surface area contributed by atoms with Gasteiger partial charge in [0.1, 0.15) is 12.5 Å². The van der Waals surface area contributed by atoms with Gasteiger partial charge in [-0.15, -0.1) is 0 Å². The van der Waals surface area contributed by atoms with Crippen molar-refractivity contribution in [2.24, 2.45) is 0 Å². The molecule has 0 saturated carbocycles. The Labute approximate surface area is 123 Å². The van der Waals surface area contributed by atoms with Crippen molar-refractivity contribution in [3.8, 4) is 11.1 Å². The number of nitrogens with two attached hydrogens (primary N) is 2. The van der Waals surface area contributed by atoms with Crippen LogP contribution in [0.25, 0.3) is 11.1 Å². The summed E-state index contributed by atoms with van der Waals surface area (Å²) >= 11 is 17.9. The van der Waals surface area contributed by atoms with Crippen LogP contribution in [0.3, 0.4) is 0 Å². The molecule has 0 atom stereocenters. The summed E-state index contributed by atoms with van der Waals surface area (Å²) in [6.45, 7) is -0.868. The predicted molar refractivity (Wildman–Crippen MR) is 76.1 cm³/mol. The van der Waals surface area contributed by atoms with Gasteiger partial charge < -0.3 is 11.5 Å². The second-order valence-electron chi connectivity index (χ2n) is 3.67. The number of benzene rings is 1. The van der Waals surface area contributed by atoms with Crippen molar-refractivity contribution in [1.82, 2.24) is 9.97 Å². The van der Waals surface area contributed by atoms with E-state index in [2.05, 4.69) is 9.97 Å². The maximum Gasteiger partial charge on any atom is 0.222 e. The average molecular weight is 322 g/mol. The minimum absolute atomic E-state index is 0.0142. The number of alkyl halides is 1. The van der Waals surface area contributed by atoms with Crippen LogP contribution in [0.15, 0.2) is 12.1 Å². The third-order valence-electron chi connectivity index (χ3n) is 2.42. The molecule has 0 saturated heterocycles. The maximum atomic E-state index is 13.1. The Morgan fingerprint density at radius 1 is 1.11 bits per heavy atom. The molecule has 4 N–H and O–H groups in total. The maximum absolute atomic E-state index is 13.1. The lowest BCUT2D eigenvalue weighted by Gasteiger charge is -2.12. The summed E-state index contributed by atoms with van der Waals surface area (Å²) in [6.07, 6.45) is 0. The molecule has 0 aliphatic heterocycles. The molecule has 2 rings (SSSR count). The van der Waals surface area contributed by atoms with Crippen LogP contribution in [0.1, 0.15) is 5.69 Å². The quantitative estimate of drug-likeness (QED) is 0.826. The van der Waals surface area contributed by atoms with Crippen LogP contribution in [-0.2, 0) is 6.67 Å². The summed E-state index contributed by atoms with van der Waals surface area (Å²) in [4.78, 5) is 7.59. The molecule has 1 aromatic heterocycles. The lowest BCUT2D eigenvalue weighted by Crippen LogP contribution is -2.06. The molecule has 19 heavy (non-hydrogen) atoms. The Balaban J connectivity index is 2.79. The largest absolute Gasteiger partial charge is 0.383 e. The predicted octanol–water partition coefficient (Wildman–Crippen LogP) is 3.74. The van der Waals surface area contributed by atoms with Crippen molar-refractivity contribution in [3.63, 3.8) is 0 Å². The Morgan fingerprint density at radius 2 is 1.79 bits per heavy atom. The zero-order valence-electron chi connectivity index (χ0n) is 9.42. The van der Waals surface area contributed by atoms with Gasteiger partial charge in [0.2, 0.25) is 5.95 Å². The number of rotatable bonds is 2. The van der Waals surface area contributed by atoms with Crippen LogP contribution in [0.4, 0.5) is 16.2 Å². The van der Waals surface area contributed by atoms with E-state index in [0.717, 1.165) is 0 Å². The van der Waals surface area contributed by atoms with Crippen LogP contribution in [0, 0.1) is 0 Å². The van der Waals surface area contributed by atoms with Crippen molar-refractivity contribution in [2.45, 2.75) is 6.67 Å². The third-order valence-corrected chi connectivity index (χ3v) is 3.44. The number of anilines is 2. The van der Waals surface area contributed by atoms with Crippen LogP contribution in [-0.4, -0.2) is 9.97 Å². The first-order valence-electron chi connectivity index (χ1n) is 5.06. The van der Waals surface area contributed by atoms with Crippen molar-refractivity contribution in [1.29, 1.82) is 0 Å². The monoisotopic (exact) mass is 320 g/mol. The van der Waals surface area contributed by atoms with E-state index < -0.39 is 6.67 Å². The van der Waals surface area contributed by atoms with Gasteiger partial charge in [-0.1, -0.05) is 34.8 Å². The topological polar surface area (TPSA) is 77.8 Å². The van der Waals surface area contributed by atoms with Gasteiger partial charge in [-0.05, 0) is 12.1 Å². The summed E-state index contributed by atoms with van der Waals surface area (Å²) < 4.78 is 13.1. The molecule has 0 radical (unpaired) electrons. The molecule has 100 valence electrons. The molecule has 0 aliphatic rings. The zero-order chi connectivity index (χ0) is 14.2. The molecule has 1 aromatic carbocycles. The third kappa shape index (κ3) is 2.68. The Morgan fingerprint density at radius 3 is 2.42 bits per heavy atom. The highest BCUT2D eigenvalue weighted by atomic mass is 35.5. The second kappa shape index (κ2) is 5.36. The molecule has 0 unspecified atom stereocenters. The van der Waals surface area contributed by atoms with Gasteiger partial charge >= 0.3 is 0 Å². The first kappa shape index (κ1) is 14.1. The van der Waals surface area contributed by atoms with Crippen LogP contribution in [0.2, 0.25) is 15.1 Å². The van der Waals surface area contributed by atoms with Gasteiger partial charge in [0.05, 0.1) is 15.7 Å². The number of hydrogen-bond donors (Lipinski definition) is 2. The zero-order valence-corrected chi connectivity index (χ0v) is 11.7. The van der Waals surface area contributed by atoms with E-state index in [1.54, 1.807) is 0 Å². The van der Waals surface area contributed by atoms with Crippen molar-refractivity contribution in [3.05, 3.63) is 32.9 Å². The van der Waals surface area contributed by atoms with Gasteiger partial charge in [0.15, 0.2) is 0 Å². The Bertz CT molecular complexity index is 648. The van der Waals surface area contributed by atoms with Crippen LogP contribution in [0.5, 0.6) is 0 Å². The summed E-state index contributed by atoms with van der Waals surface area (Å²) in [5.41, 5.74) is 11.8. The first-order chi connectivity index (χ1) is 8.93. The van der Waals surface area contributed by atoms with Gasteiger partial charge in [0.25, 0.3) is 0 Å². The number of nitrogen functional groups attached to an aromatic ring is 2. The minimum Gasteiger partial charge on any atom is -0.383 e. The van der Waals surface area contributed by atoms with E-state index in [1.165, 1.54) is 12.1 Å².